The highest BCUT2D eigenvalue weighted by molar-refractivity contribution is 5.81. The van der Waals surface area contributed by atoms with E-state index >= 15 is 0 Å². The van der Waals surface area contributed by atoms with Gasteiger partial charge in [0.1, 0.15) is 18.3 Å². The average Bonchev–Trinajstić information content (AvgIpc) is 2.67. The van der Waals surface area contributed by atoms with Crippen LogP contribution in [-0.2, 0) is 6.54 Å². The van der Waals surface area contributed by atoms with Crippen LogP contribution in [0.4, 0.5) is 0 Å². The van der Waals surface area contributed by atoms with Crippen molar-refractivity contribution in [2.24, 2.45) is 0 Å². The predicted octanol–water partition coefficient (Wildman–Crippen LogP) is -2.01. The lowest BCUT2D eigenvalue weighted by molar-refractivity contribution is -0.0802. The zero-order valence-electron chi connectivity index (χ0n) is 15.1. The minimum absolute atomic E-state index is 0.159. The fourth-order valence-corrected chi connectivity index (χ4v) is 2.93. The Bertz CT molecular complexity index is 1120. The van der Waals surface area contributed by atoms with Gasteiger partial charge < -0.3 is 30.2 Å². The molecule has 0 bridgehead atoms. The van der Waals surface area contributed by atoms with Gasteiger partial charge in [0.05, 0.1) is 24.2 Å². The van der Waals surface area contributed by atoms with Crippen molar-refractivity contribution in [1.82, 2.24) is 19.3 Å². The van der Waals surface area contributed by atoms with Crippen LogP contribution in [0.2, 0.25) is 0 Å². The Hall–Kier alpha value is -2.86. The van der Waals surface area contributed by atoms with Crippen molar-refractivity contribution in [2.75, 3.05) is 6.61 Å². The summed E-state index contributed by atoms with van der Waals surface area (Å²) in [5.74, 6) is -0.194. The summed E-state index contributed by atoms with van der Waals surface area (Å²) in [5, 5.41) is 48.4. The second-order valence-electron chi connectivity index (χ2n) is 6.64. The predicted molar refractivity (Wildman–Crippen MR) is 96.4 cm³/mol. The Morgan fingerprint density at radius 1 is 1.04 bits per heavy atom. The number of aliphatic hydroxyl groups excluding tert-OH is 4. The van der Waals surface area contributed by atoms with Crippen molar-refractivity contribution in [3.63, 3.8) is 0 Å². The number of benzene rings is 1. The number of aromatic nitrogens is 4. The highest BCUT2D eigenvalue weighted by Crippen LogP contribution is 2.24. The minimum Gasteiger partial charge on any atom is -0.421 e. The molecule has 3 rings (SSSR count). The topological polar surface area (TPSA) is 171 Å². The number of rotatable bonds is 5. The number of aryl methyl sites for hydroxylation is 2. The van der Waals surface area contributed by atoms with Crippen molar-refractivity contribution >= 4 is 11.0 Å². The first-order chi connectivity index (χ1) is 13.1. The minimum atomic E-state index is -1.69. The molecule has 11 nitrogen and oxygen atoms in total. The van der Waals surface area contributed by atoms with E-state index in [0.29, 0.717) is 11.0 Å². The van der Waals surface area contributed by atoms with Crippen LogP contribution in [0.1, 0.15) is 11.1 Å². The summed E-state index contributed by atoms with van der Waals surface area (Å²) in [4.78, 5) is 32.0. The summed E-state index contributed by atoms with van der Waals surface area (Å²) in [6.07, 6.45) is -4.83. The van der Waals surface area contributed by atoms with Crippen LogP contribution < -0.4 is 11.2 Å². The van der Waals surface area contributed by atoms with Gasteiger partial charge in [-0.2, -0.15) is 4.98 Å². The second-order valence-corrected chi connectivity index (χ2v) is 6.64. The first-order valence-corrected chi connectivity index (χ1v) is 8.44. The van der Waals surface area contributed by atoms with Gasteiger partial charge in [-0.1, -0.05) is 4.73 Å². The van der Waals surface area contributed by atoms with Crippen molar-refractivity contribution < 1.29 is 25.6 Å². The largest absolute Gasteiger partial charge is 0.421 e. The summed E-state index contributed by atoms with van der Waals surface area (Å²) in [6, 6.07) is 3.41. The summed E-state index contributed by atoms with van der Waals surface area (Å²) in [7, 11) is 0. The van der Waals surface area contributed by atoms with E-state index in [1.807, 2.05) is 13.8 Å². The monoisotopic (exact) mass is 392 g/mol. The molecule has 150 valence electrons. The van der Waals surface area contributed by atoms with Gasteiger partial charge in [-0.25, -0.2) is 9.78 Å². The van der Waals surface area contributed by atoms with Crippen molar-refractivity contribution in [3.8, 4) is 11.5 Å². The molecule has 0 saturated carbocycles. The third-order valence-electron chi connectivity index (χ3n) is 4.70. The highest BCUT2D eigenvalue weighted by atomic mass is 16.5. The van der Waals surface area contributed by atoms with Gasteiger partial charge in [-0.15, -0.1) is 0 Å². The SMILES string of the molecule is Cc1cc2nc3c(=O)n(O)c(=O)nc-3n(CC(O)C(O)C(O)CO)c2cc1C. The fraction of sp³-hybridized carbons (Fsp3) is 0.412. The number of fused-ring (bicyclic) bond motifs is 2. The molecule has 2 heterocycles. The summed E-state index contributed by atoms with van der Waals surface area (Å²) in [5.41, 5.74) is -0.0938. The molecule has 2 aliphatic heterocycles. The number of nitrogens with zero attached hydrogens (tertiary/aromatic N) is 4. The molecule has 0 radical (unpaired) electrons. The molecule has 3 atom stereocenters. The molecule has 2 aliphatic rings. The molecule has 0 aromatic heterocycles. The second kappa shape index (κ2) is 7.28. The normalized spacial score (nSPS) is 15.1. The third kappa shape index (κ3) is 3.24. The summed E-state index contributed by atoms with van der Waals surface area (Å²) >= 11 is 0. The Balaban J connectivity index is 2.32. The third-order valence-corrected chi connectivity index (χ3v) is 4.70. The summed E-state index contributed by atoms with van der Waals surface area (Å²) < 4.78 is 1.15. The smallest absolute Gasteiger partial charge is 0.386 e. The van der Waals surface area contributed by atoms with Gasteiger partial charge in [0.15, 0.2) is 11.5 Å². The maximum Gasteiger partial charge on any atom is 0.386 e. The molecule has 0 fully saturated rings. The van der Waals surface area contributed by atoms with E-state index in [2.05, 4.69) is 9.97 Å². The highest BCUT2D eigenvalue weighted by Gasteiger charge is 2.28. The van der Waals surface area contributed by atoms with Gasteiger partial charge in [0.2, 0.25) is 0 Å². The standard InChI is InChI=1S/C17H20N4O7/c1-7-3-9-10(4-8(7)2)20(5-11(23)14(25)12(24)6-22)15-13(18-9)16(26)21(28)17(27)19-15/h3-4,11-12,14,22-25,28H,5-6H2,1-2H3. The molecule has 1 aromatic rings. The first kappa shape index (κ1) is 19.9. The van der Waals surface area contributed by atoms with Crippen LogP contribution in [0.3, 0.4) is 0 Å². The molecule has 0 amide bonds. The first-order valence-electron chi connectivity index (χ1n) is 8.44. The fourth-order valence-electron chi connectivity index (χ4n) is 2.93. The van der Waals surface area contributed by atoms with Gasteiger partial charge in [0.25, 0.3) is 0 Å². The lowest BCUT2D eigenvalue weighted by Crippen LogP contribution is -2.43. The van der Waals surface area contributed by atoms with Crippen molar-refractivity contribution in [3.05, 3.63) is 44.1 Å². The maximum absolute atomic E-state index is 12.3. The zero-order valence-corrected chi connectivity index (χ0v) is 15.1. The van der Waals surface area contributed by atoms with Gasteiger partial charge in [-0.05, 0) is 37.1 Å². The van der Waals surface area contributed by atoms with E-state index < -0.39 is 36.2 Å². The van der Waals surface area contributed by atoms with E-state index in [1.165, 1.54) is 4.57 Å². The molecule has 0 spiro atoms. The number of aliphatic hydroxyl groups is 4. The molecular formula is C17H20N4O7. The molecule has 0 saturated heterocycles. The van der Waals surface area contributed by atoms with E-state index in [1.54, 1.807) is 12.1 Å². The van der Waals surface area contributed by atoms with E-state index in [4.69, 9.17) is 5.11 Å². The molecule has 0 aliphatic carbocycles. The molecule has 5 N–H and O–H groups in total. The molecule has 28 heavy (non-hydrogen) atoms. The van der Waals surface area contributed by atoms with Crippen LogP contribution in [0.5, 0.6) is 0 Å². The van der Waals surface area contributed by atoms with Gasteiger partial charge >= 0.3 is 11.2 Å². The number of hydrogen-bond donors (Lipinski definition) is 5. The average molecular weight is 392 g/mol. The van der Waals surface area contributed by atoms with Crippen molar-refractivity contribution in [1.29, 1.82) is 0 Å². The lowest BCUT2D eigenvalue weighted by atomic mass is 10.1. The van der Waals surface area contributed by atoms with E-state index in [9.17, 15) is 30.1 Å². The van der Waals surface area contributed by atoms with Crippen LogP contribution >= 0.6 is 0 Å². The van der Waals surface area contributed by atoms with E-state index in [-0.39, 0.29) is 22.8 Å². The Morgan fingerprint density at radius 2 is 1.68 bits per heavy atom. The molecule has 3 unspecified atom stereocenters. The summed E-state index contributed by atoms with van der Waals surface area (Å²) in [6.45, 7) is 2.54. The molecular weight excluding hydrogens is 372 g/mol. The lowest BCUT2D eigenvalue weighted by Gasteiger charge is -2.25. The quantitative estimate of drug-likeness (QED) is 0.243. The zero-order chi connectivity index (χ0) is 20.7. The van der Waals surface area contributed by atoms with Gasteiger partial charge in [-0.3, -0.25) is 4.79 Å². The van der Waals surface area contributed by atoms with Crippen LogP contribution in [0.15, 0.2) is 21.7 Å². The van der Waals surface area contributed by atoms with Crippen molar-refractivity contribution in [2.45, 2.75) is 38.7 Å². The maximum atomic E-state index is 12.3. The Labute approximate surface area is 157 Å². The Kier molecular flexibility index (Phi) is 5.17. The molecule has 11 heteroatoms. The Morgan fingerprint density at radius 3 is 2.32 bits per heavy atom. The van der Waals surface area contributed by atoms with E-state index in [0.717, 1.165) is 11.1 Å². The van der Waals surface area contributed by atoms with Crippen LogP contribution in [-0.4, -0.2) is 69.8 Å². The number of hydrogen-bond acceptors (Lipinski definition) is 9. The van der Waals surface area contributed by atoms with Crippen LogP contribution in [0, 0.1) is 13.8 Å². The van der Waals surface area contributed by atoms with Crippen LogP contribution in [0.25, 0.3) is 22.6 Å². The molecule has 1 aromatic carbocycles. The van der Waals surface area contributed by atoms with Gasteiger partial charge in [0, 0.05) is 0 Å².